The largest absolute Gasteiger partial charge is 0.352 e. The van der Waals surface area contributed by atoms with Gasteiger partial charge >= 0.3 is 0 Å². The second kappa shape index (κ2) is 6.55. The topological polar surface area (TPSA) is 67.2 Å². The van der Waals surface area contributed by atoms with Crippen molar-refractivity contribution in [1.29, 1.82) is 0 Å². The van der Waals surface area contributed by atoms with Crippen LogP contribution in [-0.2, 0) is 4.79 Å². The molecular weight excluding hydrogens is 280 g/mol. The molecule has 0 bridgehead atoms. The Kier molecular flexibility index (Phi) is 4.32. The summed E-state index contributed by atoms with van der Waals surface area (Å²) >= 11 is 0. The van der Waals surface area contributed by atoms with Crippen LogP contribution >= 0.6 is 0 Å². The standard InChI is InChI=1S/C15H20N6O/c1-2-3-15(22)20-10-8-19(9-11-20)13-4-5-14(18-17-13)21-7-6-16-12-21/h4-7,12H,2-3,8-11H2,1H3. The molecular formula is C15H20N6O. The van der Waals surface area contributed by atoms with Crippen LogP contribution in [0.5, 0.6) is 0 Å². The first-order valence-electron chi connectivity index (χ1n) is 7.62. The zero-order valence-electron chi connectivity index (χ0n) is 12.7. The van der Waals surface area contributed by atoms with Crippen molar-refractivity contribution in [3.63, 3.8) is 0 Å². The number of imidazole rings is 1. The Morgan fingerprint density at radius 1 is 1.14 bits per heavy atom. The number of nitrogens with zero attached hydrogens (tertiary/aromatic N) is 6. The minimum Gasteiger partial charge on any atom is -0.352 e. The Morgan fingerprint density at radius 3 is 2.45 bits per heavy atom. The van der Waals surface area contributed by atoms with Crippen LogP contribution in [0.15, 0.2) is 30.9 Å². The molecule has 7 nitrogen and oxygen atoms in total. The van der Waals surface area contributed by atoms with E-state index in [1.165, 1.54) is 0 Å². The Hall–Kier alpha value is -2.44. The lowest BCUT2D eigenvalue weighted by Gasteiger charge is -2.35. The van der Waals surface area contributed by atoms with Gasteiger partial charge in [0.2, 0.25) is 5.91 Å². The fourth-order valence-electron chi connectivity index (χ4n) is 2.58. The molecule has 116 valence electrons. The molecule has 3 heterocycles. The molecule has 7 heteroatoms. The maximum absolute atomic E-state index is 11.9. The van der Waals surface area contributed by atoms with Crippen molar-refractivity contribution >= 4 is 11.7 Å². The minimum absolute atomic E-state index is 0.253. The summed E-state index contributed by atoms with van der Waals surface area (Å²) in [5, 5.41) is 8.52. The minimum atomic E-state index is 0.253. The second-order valence-corrected chi connectivity index (χ2v) is 5.34. The summed E-state index contributed by atoms with van der Waals surface area (Å²) in [6, 6.07) is 3.89. The number of hydrogen-bond acceptors (Lipinski definition) is 5. The number of piperazine rings is 1. The fourth-order valence-corrected chi connectivity index (χ4v) is 2.58. The number of amides is 1. The van der Waals surface area contributed by atoms with Gasteiger partial charge in [-0.2, -0.15) is 0 Å². The summed E-state index contributed by atoms with van der Waals surface area (Å²) in [7, 11) is 0. The summed E-state index contributed by atoms with van der Waals surface area (Å²) in [6.07, 6.45) is 6.78. The molecule has 0 saturated carbocycles. The van der Waals surface area contributed by atoms with Crippen LogP contribution in [0.4, 0.5) is 5.82 Å². The SMILES string of the molecule is CCCC(=O)N1CCN(c2ccc(-n3ccnc3)nn2)CC1. The highest BCUT2D eigenvalue weighted by atomic mass is 16.2. The monoisotopic (exact) mass is 300 g/mol. The highest BCUT2D eigenvalue weighted by molar-refractivity contribution is 5.76. The fraction of sp³-hybridized carbons (Fsp3) is 0.467. The molecule has 0 unspecified atom stereocenters. The third kappa shape index (κ3) is 3.08. The van der Waals surface area contributed by atoms with E-state index in [1.807, 2.05) is 34.7 Å². The summed E-state index contributed by atoms with van der Waals surface area (Å²) in [4.78, 5) is 20.0. The zero-order valence-corrected chi connectivity index (χ0v) is 12.7. The van der Waals surface area contributed by atoms with Crippen LogP contribution in [0.1, 0.15) is 19.8 Å². The molecule has 1 amide bonds. The van der Waals surface area contributed by atoms with Crippen molar-refractivity contribution in [2.24, 2.45) is 0 Å². The van der Waals surface area contributed by atoms with Gasteiger partial charge in [0, 0.05) is 45.0 Å². The van der Waals surface area contributed by atoms with Crippen LogP contribution in [-0.4, -0.2) is 56.7 Å². The van der Waals surface area contributed by atoms with Crippen molar-refractivity contribution in [3.8, 4) is 5.82 Å². The van der Waals surface area contributed by atoms with Gasteiger partial charge in [0.1, 0.15) is 6.33 Å². The Labute approximate surface area is 129 Å². The van der Waals surface area contributed by atoms with Gasteiger partial charge in [-0.15, -0.1) is 10.2 Å². The maximum atomic E-state index is 11.9. The van der Waals surface area contributed by atoms with Gasteiger partial charge in [-0.1, -0.05) is 6.92 Å². The van der Waals surface area contributed by atoms with Crippen molar-refractivity contribution < 1.29 is 4.79 Å². The van der Waals surface area contributed by atoms with Crippen molar-refractivity contribution in [2.45, 2.75) is 19.8 Å². The molecule has 0 radical (unpaired) electrons. The highest BCUT2D eigenvalue weighted by Gasteiger charge is 2.21. The van der Waals surface area contributed by atoms with Crippen molar-refractivity contribution in [3.05, 3.63) is 30.9 Å². The van der Waals surface area contributed by atoms with Gasteiger partial charge in [-0.05, 0) is 18.6 Å². The number of hydrogen-bond donors (Lipinski definition) is 0. The molecule has 1 aliphatic rings. The normalized spacial score (nSPS) is 15.1. The third-order valence-corrected chi connectivity index (χ3v) is 3.83. The van der Waals surface area contributed by atoms with Gasteiger partial charge < -0.3 is 9.80 Å². The number of rotatable bonds is 4. The van der Waals surface area contributed by atoms with E-state index in [9.17, 15) is 4.79 Å². The number of carbonyl (C=O) groups excluding carboxylic acids is 1. The average molecular weight is 300 g/mol. The van der Waals surface area contributed by atoms with E-state index in [0.717, 1.165) is 44.2 Å². The van der Waals surface area contributed by atoms with E-state index in [2.05, 4.69) is 20.1 Å². The van der Waals surface area contributed by atoms with Gasteiger partial charge in [0.05, 0.1) is 0 Å². The molecule has 1 fully saturated rings. The van der Waals surface area contributed by atoms with Crippen LogP contribution in [0, 0.1) is 0 Å². The molecule has 3 rings (SSSR count). The van der Waals surface area contributed by atoms with Crippen LogP contribution in [0.2, 0.25) is 0 Å². The number of aromatic nitrogens is 4. The maximum Gasteiger partial charge on any atom is 0.222 e. The predicted octanol–water partition coefficient (Wildman–Crippen LogP) is 1.11. The molecule has 0 spiro atoms. The first-order valence-corrected chi connectivity index (χ1v) is 7.62. The van der Waals surface area contributed by atoms with Gasteiger partial charge in [0.25, 0.3) is 0 Å². The third-order valence-electron chi connectivity index (χ3n) is 3.83. The van der Waals surface area contributed by atoms with Gasteiger partial charge in [0.15, 0.2) is 11.6 Å². The van der Waals surface area contributed by atoms with E-state index in [1.54, 1.807) is 12.5 Å². The van der Waals surface area contributed by atoms with Gasteiger partial charge in [-0.3, -0.25) is 9.36 Å². The Bertz CT molecular complexity index is 601. The average Bonchev–Trinajstić information content (AvgIpc) is 3.10. The van der Waals surface area contributed by atoms with Crippen molar-refractivity contribution in [1.82, 2.24) is 24.6 Å². The lowest BCUT2D eigenvalue weighted by molar-refractivity contribution is -0.131. The number of anilines is 1. The van der Waals surface area contributed by atoms with E-state index in [-0.39, 0.29) is 5.91 Å². The van der Waals surface area contributed by atoms with Crippen LogP contribution < -0.4 is 4.90 Å². The summed E-state index contributed by atoms with van der Waals surface area (Å²) in [5.41, 5.74) is 0. The van der Waals surface area contributed by atoms with Crippen molar-refractivity contribution in [2.75, 3.05) is 31.1 Å². The molecule has 0 atom stereocenters. The molecule has 2 aromatic rings. The lowest BCUT2D eigenvalue weighted by atomic mass is 10.2. The number of carbonyl (C=O) groups is 1. The molecule has 2 aromatic heterocycles. The molecule has 0 aromatic carbocycles. The first kappa shape index (κ1) is 14.5. The first-order chi connectivity index (χ1) is 10.8. The Morgan fingerprint density at radius 2 is 1.86 bits per heavy atom. The summed E-state index contributed by atoms with van der Waals surface area (Å²) in [6.45, 7) is 5.14. The molecule has 1 aliphatic heterocycles. The van der Waals surface area contributed by atoms with Crippen LogP contribution in [0.25, 0.3) is 5.82 Å². The summed E-state index contributed by atoms with van der Waals surface area (Å²) < 4.78 is 1.82. The van der Waals surface area contributed by atoms with E-state index >= 15 is 0 Å². The highest BCUT2D eigenvalue weighted by Crippen LogP contribution is 2.14. The summed E-state index contributed by atoms with van der Waals surface area (Å²) in [5.74, 6) is 1.85. The molecule has 0 aliphatic carbocycles. The second-order valence-electron chi connectivity index (χ2n) is 5.34. The van der Waals surface area contributed by atoms with E-state index in [4.69, 9.17) is 0 Å². The molecule has 1 saturated heterocycles. The zero-order chi connectivity index (χ0) is 15.4. The Balaban J connectivity index is 1.61. The van der Waals surface area contributed by atoms with Gasteiger partial charge in [-0.25, -0.2) is 4.98 Å². The van der Waals surface area contributed by atoms with E-state index in [0.29, 0.717) is 6.42 Å². The molecule has 22 heavy (non-hydrogen) atoms. The molecule has 0 N–H and O–H groups in total. The van der Waals surface area contributed by atoms with Crippen LogP contribution in [0.3, 0.4) is 0 Å². The van der Waals surface area contributed by atoms with E-state index < -0.39 is 0 Å². The lowest BCUT2D eigenvalue weighted by Crippen LogP contribution is -2.49. The smallest absolute Gasteiger partial charge is 0.222 e. The predicted molar refractivity (Wildman–Crippen MR) is 82.9 cm³/mol. The quantitative estimate of drug-likeness (QED) is 0.846.